The van der Waals surface area contributed by atoms with E-state index in [1.807, 2.05) is 30.0 Å². The lowest BCUT2D eigenvalue weighted by Crippen LogP contribution is -2.49. The first-order valence-electron chi connectivity index (χ1n) is 15.6. The van der Waals surface area contributed by atoms with Crippen molar-refractivity contribution >= 4 is 33.6 Å². The molecule has 0 spiro atoms. The van der Waals surface area contributed by atoms with Crippen LogP contribution >= 0.6 is 0 Å². The fourth-order valence-electron chi connectivity index (χ4n) is 6.43. The van der Waals surface area contributed by atoms with Gasteiger partial charge in [0.25, 0.3) is 0 Å². The van der Waals surface area contributed by atoms with Crippen LogP contribution in [0.3, 0.4) is 0 Å². The van der Waals surface area contributed by atoms with Crippen molar-refractivity contribution in [3.63, 3.8) is 0 Å². The van der Waals surface area contributed by atoms with Gasteiger partial charge in [0.1, 0.15) is 18.5 Å². The van der Waals surface area contributed by atoms with Gasteiger partial charge in [0.15, 0.2) is 0 Å². The number of amides is 2. The van der Waals surface area contributed by atoms with Gasteiger partial charge in [0.05, 0.1) is 17.0 Å². The molecule has 12 nitrogen and oxygen atoms in total. The lowest BCUT2D eigenvalue weighted by atomic mass is 10.0. The summed E-state index contributed by atoms with van der Waals surface area (Å²) in [5, 5.41) is 15.4. The molecular weight excluding hydrogens is 598 g/mol. The molecule has 1 saturated heterocycles. The predicted molar refractivity (Wildman–Crippen MR) is 169 cm³/mol. The molecule has 1 saturated carbocycles. The molecule has 2 heterocycles. The largest absolute Gasteiger partial charge is 0.480 e. The second-order valence-corrected chi connectivity index (χ2v) is 13.8. The molecule has 0 bridgehead atoms. The van der Waals surface area contributed by atoms with Crippen LogP contribution in [-0.4, -0.2) is 85.6 Å². The molecule has 2 aromatic rings. The van der Waals surface area contributed by atoms with Gasteiger partial charge in [-0.25, -0.2) is 13.4 Å². The standard InChI is InChI=1S/C32H45N5O7S/c1-21-14-22(2)31(23(3)15-21)45(42,43)36-27(32(40)41)18-35-29(38)20-44-26-16-25(17-34-28-10-6-7-13-33-28)37(19-26)30(39)12-11-24-8-4-5-9-24/h6-7,10,13-15,24-27,36H,4-5,8-9,11-12,16-20H2,1-3H3,(H,33,34)(H,35,38)(H,40,41)/t25-,26+,27-/m0/s1. The second-order valence-electron chi connectivity index (χ2n) is 12.2. The molecule has 2 fully saturated rings. The number of carbonyl (C=O) groups excluding carboxylic acids is 2. The number of sulfonamides is 1. The van der Waals surface area contributed by atoms with E-state index < -0.39 is 34.5 Å². The summed E-state index contributed by atoms with van der Waals surface area (Å²) < 4.78 is 34.2. The number of anilines is 1. The summed E-state index contributed by atoms with van der Waals surface area (Å²) in [6, 6.07) is 7.26. The molecule has 3 atom stereocenters. The van der Waals surface area contributed by atoms with E-state index in [1.54, 1.807) is 32.2 Å². The number of aryl methyl sites for hydroxylation is 3. The van der Waals surface area contributed by atoms with Crippen molar-refractivity contribution in [2.75, 3.05) is 31.6 Å². The normalized spacial score (nSPS) is 19.4. The Labute approximate surface area is 265 Å². The van der Waals surface area contributed by atoms with Crippen molar-refractivity contribution in [1.29, 1.82) is 0 Å². The summed E-state index contributed by atoms with van der Waals surface area (Å²) in [5.74, 6) is -0.636. The Hall–Kier alpha value is -3.55. The molecule has 1 aliphatic heterocycles. The van der Waals surface area contributed by atoms with Gasteiger partial charge in [-0.2, -0.15) is 4.72 Å². The zero-order valence-electron chi connectivity index (χ0n) is 26.3. The minimum atomic E-state index is -4.17. The first kappa shape index (κ1) is 34.3. The second kappa shape index (κ2) is 15.6. The van der Waals surface area contributed by atoms with Crippen molar-refractivity contribution in [1.82, 2.24) is 19.9 Å². The smallest absolute Gasteiger partial charge is 0.323 e. The lowest BCUT2D eigenvalue weighted by Gasteiger charge is -2.25. The zero-order valence-corrected chi connectivity index (χ0v) is 27.1. The average Bonchev–Trinajstić information content (AvgIpc) is 3.66. The Balaban J connectivity index is 1.30. The van der Waals surface area contributed by atoms with E-state index in [9.17, 15) is 27.9 Å². The van der Waals surface area contributed by atoms with Crippen molar-refractivity contribution in [3.05, 3.63) is 53.2 Å². The number of ether oxygens (including phenoxy) is 1. The number of carbonyl (C=O) groups is 3. The third kappa shape index (κ3) is 9.72. The van der Waals surface area contributed by atoms with Crippen LogP contribution in [0.15, 0.2) is 41.4 Å². The van der Waals surface area contributed by atoms with E-state index in [0.717, 1.165) is 12.0 Å². The van der Waals surface area contributed by atoms with E-state index in [2.05, 4.69) is 20.3 Å². The number of nitrogens with zero attached hydrogens (tertiary/aromatic N) is 2. The molecule has 0 radical (unpaired) electrons. The third-order valence-corrected chi connectivity index (χ3v) is 10.3. The van der Waals surface area contributed by atoms with Crippen LogP contribution in [0.5, 0.6) is 0 Å². The zero-order chi connectivity index (χ0) is 32.6. The molecule has 4 N–H and O–H groups in total. The number of pyridine rings is 1. The van der Waals surface area contributed by atoms with Crippen LogP contribution in [0.2, 0.25) is 0 Å². The maximum absolute atomic E-state index is 13.3. The summed E-state index contributed by atoms with van der Waals surface area (Å²) in [6.45, 7) is 5.15. The summed E-state index contributed by atoms with van der Waals surface area (Å²) in [7, 11) is -4.17. The average molecular weight is 644 g/mol. The van der Waals surface area contributed by atoms with E-state index in [1.165, 1.54) is 25.7 Å². The molecule has 1 aromatic carbocycles. The fraction of sp³-hybridized carbons (Fsp3) is 0.562. The maximum Gasteiger partial charge on any atom is 0.323 e. The number of hydrogen-bond donors (Lipinski definition) is 4. The highest BCUT2D eigenvalue weighted by atomic mass is 32.2. The van der Waals surface area contributed by atoms with Gasteiger partial charge in [-0.05, 0) is 62.8 Å². The fourth-order valence-corrected chi connectivity index (χ4v) is 8.07. The highest BCUT2D eigenvalue weighted by Crippen LogP contribution is 2.30. The van der Waals surface area contributed by atoms with Gasteiger partial charge in [-0.15, -0.1) is 0 Å². The number of likely N-dealkylation sites (tertiary alicyclic amines) is 1. The number of hydrogen-bond acceptors (Lipinski definition) is 8. The Morgan fingerprint density at radius 3 is 2.47 bits per heavy atom. The molecule has 1 aliphatic carbocycles. The Kier molecular flexibility index (Phi) is 11.9. The van der Waals surface area contributed by atoms with E-state index >= 15 is 0 Å². The van der Waals surface area contributed by atoms with Gasteiger partial charge in [0.2, 0.25) is 21.8 Å². The molecule has 1 aromatic heterocycles. The van der Waals surface area contributed by atoms with Crippen molar-refractivity contribution in [2.45, 2.75) is 88.8 Å². The van der Waals surface area contributed by atoms with E-state index in [-0.39, 0.29) is 29.6 Å². The quantitative estimate of drug-likeness (QED) is 0.228. The van der Waals surface area contributed by atoms with Crippen LogP contribution < -0.4 is 15.4 Å². The molecule has 0 unspecified atom stereocenters. The summed E-state index contributed by atoms with van der Waals surface area (Å²) >= 11 is 0. The third-order valence-electron chi connectivity index (χ3n) is 8.54. The highest BCUT2D eigenvalue weighted by Gasteiger charge is 2.36. The summed E-state index contributed by atoms with van der Waals surface area (Å²) in [4.78, 5) is 44.0. The summed E-state index contributed by atoms with van der Waals surface area (Å²) in [5.41, 5.74) is 1.89. The Bertz CT molecular complexity index is 1420. The molecule has 2 aliphatic rings. The van der Waals surface area contributed by atoms with E-state index in [0.29, 0.717) is 48.8 Å². The van der Waals surface area contributed by atoms with Gasteiger partial charge >= 0.3 is 5.97 Å². The van der Waals surface area contributed by atoms with Crippen LogP contribution in [0.1, 0.15) is 61.6 Å². The summed E-state index contributed by atoms with van der Waals surface area (Å²) in [6.07, 6.45) is 7.98. The molecule has 2 amide bonds. The number of benzene rings is 1. The van der Waals surface area contributed by atoms with Gasteiger partial charge in [0, 0.05) is 32.3 Å². The van der Waals surface area contributed by atoms with E-state index in [4.69, 9.17) is 4.74 Å². The van der Waals surface area contributed by atoms with Crippen LogP contribution in [0.25, 0.3) is 0 Å². The van der Waals surface area contributed by atoms with Gasteiger partial charge < -0.3 is 25.4 Å². The monoisotopic (exact) mass is 643 g/mol. The minimum Gasteiger partial charge on any atom is -0.480 e. The van der Waals surface area contributed by atoms with Crippen molar-refractivity contribution in [2.24, 2.45) is 5.92 Å². The molecule has 13 heteroatoms. The van der Waals surface area contributed by atoms with Crippen LogP contribution in [-0.2, 0) is 29.1 Å². The van der Waals surface area contributed by atoms with Gasteiger partial charge in [-0.3, -0.25) is 14.4 Å². The number of rotatable bonds is 15. The van der Waals surface area contributed by atoms with Crippen molar-refractivity contribution < 1.29 is 32.6 Å². The van der Waals surface area contributed by atoms with Crippen molar-refractivity contribution in [3.8, 4) is 0 Å². The Morgan fingerprint density at radius 2 is 1.82 bits per heavy atom. The first-order chi connectivity index (χ1) is 21.4. The maximum atomic E-state index is 13.3. The molecular formula is C32H45N5O7S. The predicted octanol–water partition coefficient (Wildman–Crippen LogP) is 2.92. The SMILES string of the molecule is Cc1cc(C)c(S(=O)(=O)N[C@@H](CNC(=O)CO[C@@H]2C[C@@H](CNc3ccccn3)N(C(=O)CCC3CCCC3)C2)C(=O)O)c(C)c1. The van der Waals surface area contributed by atoms with Crippen LogP contribution in [0, 0.1) is 26.7 Å². The topological polar surface area (TPSA) is 167 Å². The number of carboxylic acids is 1. The first-order valence-corrected chi connectivity index (χ1v) is 17.1. The number of nitrogens with one attached hydrogen (secondary N) is 3. The van der Waals surface area contributed by atoms with Gasteiger partial charge in [-0.1, -0.05) is 49.4 Å². The molecule has 4 rings (SSSR count). The number of carboxylic acid groups (broad SMARTS) is 1. The highest BCUT2D eigenvalue weighted by molar-refractivity contribution is 7.89. The van der Waals surface area contributed by atoms with Crippen LogP contribution in [0.4, 0.5) is 5.82 Å². The number of aromatic nitrogens is 1. The molecule has 45 heavy (non-hydrogen) atoms. The number of aliphatic carboxylic acids is 1. The molecule has 246 valence electrons. The lowest BCUT2D eigenvalue weighted by molar-refractivity contribution is -0.139. The minimum absolute atomic E-state index is 0.0182. The Morgan fingerprint density at radius 1 is 1.11 bits per heavy atom.